The van der Waals surface area contributed by atoms with E-state index in [0.717, 1.165) is 17.9 Å². The van der Waals surface area contributed by atoms with Gasteiger partial charge >= 0.3 is 0 Å². The molecular formula is C28H22Br4I2. The Bertz CT molecular complexity index is 991. The van der Waals surface area contributed by atoms with Crippen LogP contribution in [0, 0.1) is 0 Å². The normalized spacial score (nSPS) is 9.76. The molecule has 0 atom stereocenters. The van der Waals surface area contributed by atoms with Crippen molar-refractivity contribution in [1.82, 2.24) is 0 Å². The van der Waals surface area contributed by atoms with Crippen LogP contribution in [0.4, 0.5) is 0 Å². The predicted molar refractivity (Wildman–Crippen MR) is 181 cm³/mol. The molecule has 0 aliphatic rings. The molecule has 0 radical (unpaired) electrons. The van der Waals surface area contributed by atoms with Crippen LogP contribution >= 0.6 is 109 Å². The third kappa shape index (κ3) is 8.54. The van der Waals surface area contributed by atoms with Gasteiger partial charge in [0.05, 0.1) is 0 Å². The molecule has 34 heavy (non-hydrogen) atoms. The van der Waals surface area contributed by atoms with Crippen molar-refractivity contribution in [2.75, 3.05) is 9.86 Å². The summed E-state index contributed by atoms with van der Waals surface area (Å²) in [6.45, 7) is 0. The second-order valence-electron chi connectivity index (χ2n) is 6.78. The fourth-order valence-corrected chi connectivity index (χ4v) is 4.43. The molecule has 4 aromatic carbocycles. The van der Waals surface area contributed by atoms with Gasteiger partial charge in [-0.1, -0.05) is 157 Å². The Kier molecular flexibility index (Phi) is 14.2. The molecule has 0 aliphatic carbocycles. The molecule has 0 aliphatic heterocycles. The third-order valence-electron chi connectivity index (χ3n) is 4.78. The topological polar surface area (TPSA) is 0 Å². The monoisotopic (exact) mass is 928 g/mol. The second kappa shape index (κ2) is 16.0. The highest BCUT2D eigenvalue weighted by atomic mass is 127. The van der Waals surface area contributed by atoms with Crippen LogP contribution in [0.1, 0.15) is 22.3 Å². The molecular weight excluding hydrogens is 910 g/mol. The minimum Gasteiger partial charge on any atom is -0.0901 e. The maximum absolute atomic E-state index is 3.57. The average Bonchev–Trinajstić information content (AvgIpc) is 2.88. The highest BCUT2D eigenvalue weighted by Crippen LogP contribution is 2.38. The van der Waals surface area contributed by atoms with E-state index in [1.807, 2.05) is 9.86 Å². The summed E-state index contributed by atoms with van der Waals surface area (Å²) in [5.74, 6) is 0. The van der Waals surface area contributed by atoms with Gasteiger partial charge in [-0.05, 0) is 91.8 Å². The van der Waals surface area contributed by atoms with Crippen LogP contribution in [-0.2, 0) is 0 Å². The van der Waals surface area contributed by atoms with Crippen molar-refractivity contribution >= 4 is 120 Å². The Balaban J connectivity index is 0.000000970. The lowest BCUT2D eigenvalue weighted by Crippen LogP contribution is -1.97. The smallest absolute Gasteiger partial charge is 0.0175 e. The molecule has 4 aromatic rings. The van der Waals surface area contributed by atoms with E-state index < -0.39 is 0 Å². The predicted octanol–water partition coefficient (Wildman–Crippen LogP) is 11.8. The number of benzene rings is 4. The van der Waals surface area contributed by atoms with Gasteiger partial charge in [0.1, 0.15) is 0 Å². The summed E-state index contributed by atoms with van der Waals surface area (Å²) in [6.07, 6.45) is 0. The average molecular weight is 932 g/mol. The number of hydrogen-bond acceptors (Lipinski definition) is 0. The summed E-state index contributed by atoms with van der Waals surface area (Å²) in [5.41, 5.74) is 7.06. The van der Waals surface area contributed by atoms with Gasteiger partial charge in [0, 0.05) is 17.9 Å². The van der Waals surface area contributed by atoms with Gasteiger partial charge in [0.2, 0.25) is 0 Å². The number of hydrogen-bond donors (Lipinski definition) is 0. The molecule has 0 aromatic heterocycles. The summed E-state index contributed by atoms with van der Waals surface area (Å²) in [7, 11) is 0. The van der Waals surface area contributed by atoms with Gasteiger partial charge < -0.3 is 0 Å². The van der Waals surface area contributed by atoms with Gasteiger partial charge in [0.15, 0.2) is 0 Å². The van der Waals surface area contributed by atoms with E-state index in [2.05, 4.69) is 206 Å². The summed E-state index contributed by atoms with van der Waals surface area (Å²) in [6, 6.07) is 34.1. The van der Waals surface area contributed by atoms with Gasteiger partial charge in [-0.3, -0.25) is 0 Å². The largest absolute Gasteiger partial charge is 0.0901 e. The Morgan fingerprint density at radius 3 is 0.647 bits per heavy atom. The standard InChI is InChI=1S/C26H16Br4.2CH3I/c27-21-9-1-17(2-10-21)25(18-3-11-22(28)12-4-18)26(19-5-13-23(29)14-6-19)20-7-15-24(30)16-8-20;2*1-2/h1-16H;2*1H3. The maximum atomic E-state index is 3.57. The van der Waals surface area contributed by atoms with Crippen LogP contribution in [-0.4, -0.2) is 9.86 Å². The van der Waals surface area contributed by atoms with E-state index in [9.17, 15) is 0 Å². The molecule has 0 spiro atoms. The minimum absolute atomic E-state index is 1.07. The SMILES string of the molecule is Brc1ccc(C(=C(c2ccc(Br)cc2)c2ccc(Br)cc2)c2ccc(Br)cc2)cc1.CI.CI. The van der Waals surface area contributed by atoms with E-state index >= 15 is 0 Å². The van der Waals surface area contributed by atoms with Gasteiger partial charge in [0.25, 0.3) is 0 Å². The fourth-order valence-electron chi connectivity index (χ4n) is 3.38. The Hall–Kier alpha value is 0.000000000000000444. The molecule has 4 rings (SSSR count). The Labute approximate surface area is 263 Å². The van der Waals surface area contributed by atoms with Crippen molar-refractivity contribution in [3.05, 3.63) is 137 Å². The molecule has 0 bridgehead atoms. The minimum atomic E-state index is 1.07. The lowest BCUT2D eigenvalue weighted by atomic mass is 9.86. The van der Waals surface area contributed by atoms with E-state index in [1.54, 1.807) is 0 Å². The number of rotatable bonds is 4. The Morgan fingerprint density at radius 1 is 0.353 bits per heavy atom. The van der Waals surface area contributed by atoms with Crippen LogP contribution < -0.4 is 0 Å². The van der Waals surface area contributed by atoms with Crippen LogP contribution in [0.2, 0.25) is 0 Å². The van der Waals surface area contributed by atoms with Crippen molar-refractivity contribution in [2.24, 2.45) is 0 Å². The third-order valence-corrected chi connectivity index (χ3v) is 6.90. The van der Waals surface area contributed by atoms with Crippen molar-refractivity contribution in [3.8, 4) is 0 Å². The Morgan fingerprint density at radius 2 is 0.500 bits per heavy atom. The maximum Gasteiger partial charge on any atom is 0.0175 e. The molecule has 0 N–H and O–H groups in total. The van der Waals surface area contributed by atoms with Gasteiger partial charge in [-0.2, -0.15) is 0 Å². The van der Waals surface area contributed by atoms with E-state index in [0.29, 0.717) is 0 Å². The first-order chi connectivity index (χ1) is 16.5. The molecule has 0 nitrogen and oxygen atoms in total. The van der Waals surface area contributed by atoms with Crippen LogP contribution in [0.15, 0.2) is 115 Å². The van der Waals surface area contributed by atoms with Crippen LogP contribution in [0.3, 0.4) is 0 Å². The first kappa shape index (κ1) is 30.2. The first-order valence-electron chi connectivity index (χ1n) is 10.0. The molecule has 0 heterocycles. The summed E-state index contributed by atoms with van der Waals surface area (Å²) >= 11 is 18.6. The second-order valence-corrected chi connectivity index (χ2v) is 10.4. The van der Waals surface area contributed by atoms with E-state index in [4.69, 9.17) is 0 Å². The highest BCUT2D eigenvalue weighted by Gasteiger charge is 2.16. The molecule has 0 saturated carbocycles. The molecule has 176 valence electrons. The summed E-state index contributed by atoms with van der Waals surface area (Å²) in [4.78, 5) is 3.94. The van der Waals surface area contributed by atoms with Crippen molar-refractivity contribution in [2.45, 2.75) is 0 Å². The van der Waals surface area contributed by atoms with Gasteiger partial charge in [-0.15, -0.1) is 0 Å². The highest BCUT2D eigenvalue weighted by molar-refractivity contribution is 14.1. The van der Waals surface area contributed by atoms with Crippen LogP contribution in [0.25, 0.3) is 11.1 Å². The summed E-state index contributed by atoms with van der Waals surface area (Å²) < 4.78 is 4.26. The molecule has 6 heteroatoms. The zero-order valence-corrected chi connectivity index (χ0v) is 29.2. The fraction of sp³-hybridized carbons (Fsp3) is 0.0714. The van der Waals surface area contributed by atoms with E-state index in [-0.39, 0.29) is 0 Å². The number of alkyl halides is 2. The van der Waals surface area contributed by atoms with Gasteiger partial charge in [-0.25, -0.2) is 0 Å². The summed E-state index contributed by atoms with van der Waals surface area (Å²) in [5, 5.41) is 0. The van der Waals surface area contributed by atoms with Crippen molar-refractivity contribution in [1.29, 1.82) is 0 Å². The lowest BCUT2D eigenvalue weighted by Gasteiger charge is -2.18. The zero-order chi connectivity index (χ0) is 25.1. The zero-order valence-electron chi connectivity index (χ0n) is 18.5. The molecule has 0 amide bonds. The van der Waals surface area contributed by atoms with Crippen molar-refractivity contribution in [3.63, 3.8) is 0 Å². The molecule has 0 unspecified atom stereocenters. The van der Waals surface area contributed by atoms with E-state index in [1.165, 1.54) is 33.4 Å². The van der Waals surface area contributed by atoms with Crippen LogP contribution in [0.5, 0.6) is 0 Å². The lowest BCUT2D eigenvalue weighted by molar-refractivity contribution is 1.48. The molecule has 0 fully saturated rings. The number of halogens is 6. The first-order valence-corrected chi connectivity index (χ1v) is 17.5. The van der Waals surface area contributed by atoms with Crippen molar-refractivity contribution < 1.29 is 0 Å². The quantitative estimate of drug-likeness (QED) is 0.109. The molecule has 0 saturated heterocycles.